The van der Waals surface area contributed by atoms with Gasteiger partial charge in [-0.3, -0.25) is 4.79 Å². The summed E-state index contributed by atoms with van der Waals surface area (Å²) >= 11 is 0. The van der Waals surface area contributed by atoms with Crippen molar-refractivity contribution in [2.24, 2.45) is 0 Å². The summed E-state index contributed by atoms with van der Waals surface area (Å²) in [6.45, 7) is 3.78. The summed E-state index contributed by atoms with van der Waals surface area (Å²) in [7, 11) is 3.21. The highest BCUT2D eigenvalue weighted by atomic mass is 16.5. The highest BCUT2D eigenvalue weighted by molar-refractivity contribution is 6.11. The zero-order chi connectivity index (χ0) is 14.7. The summed E-state index contributed by atoms with van der Waals surface area (Å²) in [6, 6.07) is 11.0. The molecule has 0 atom stereocenters. The maximum Gasteiger partial charge on any atom is 0.193 e. The van der Waals surface area contributed by atoms with E-state index in [0.717, 1.165) is 22.6 Å². The molecule has 0 spiro atoms. The lowest BCUT2D eigenvalue weighted by molar-refractivity contribution is 0.103. The van der Waals surface area contributed by atoms with Crippen LogP contribution in [0.4, 0.5) is 0 Å². The van der Waals surface area contributed by atoms with E-state index in [9.17, 15) is 4.79 Å². The lowest BCUT2D eigenvalue weighted by Crippen LogP contribution is -2.07. The van der Waals surface area contributed by atoms with E-state index in [2.05, 4.69) is 0 Å². The molecule has 104 valence electrons. The number of benzene rings is 2. The highest BCUT2D eigenvalue weighted by Crippen LogP contribution is 2.27. The van der Waals surface area contributed by atoms with Crippen LogP contribution in [0.1, 0.15) is 27.0 Å². The monoisotopic (exact) mass is 270 g/mol. The summed E-state index contributed by atoms with van der Waals surface area (Å²) in [5, 5.41) is 0. The standard InChI is InChI=1S/C17H18O3/c1-11-13(7-5-9-15(11)19-3)17(18)14-8-6-10-16(20-4)12(14)2/h5-10H,1-4H3. The van der Waals surface area contributed by atoms with Gasteiger partial charge in [0.2, 0.25) is 0 Å². The Morgan fingerprint density at radius 3 is 1.55 bits per heavy atom. The maximum absolute atomic E-state index is 12.7. The average Bonchev–Trinajstić information content (AvgIpc) is 2.47. The number of ketones is 1. The summed E-state index contributed by atoms with van der Waals surface area (Å²) in [6.07, 6.45) is 0. The largest absolute Gasteiger partial charge is 0.496 e. The van der Waals surface area contributed by atoms with E-state index in [1.54, 1.807) is 14.2 Å². The number of carbonyl (C=O) groups is 1. The minimum atomic E-state index is -0.0159. The molecule has 3 heteroatoms. The summed E-state index contributed by atoms with van der Waals surface area (Å²) < 4.78 is 10.5. The third-order valence-electron chi connectivity index (χ3n) is 3.50. The van der Waals surface area contributed by atoms with E-state index in [4.69, 9.17) is 9.47 Å². The third kappa shape index (κ3) is 2.39. The van der Waals surface area contributed by atoms with Crippen LogP contribution in [0.25, 0.3) is 0 Å². The van der Waals surface area contributed by atoms with Crippen LogP contribution in [0.5, 0.6) is 11.5 Å². The minimum absolute atomic E-state index is 0.0159. The molecule has 0 radical (unpaired) electrons. The Bertz CT molecular complexity index is 589. The van der Waals surface area contributed by atoms with Crippen LogP contribution in [0, 0.1) is 13.8 Å². The van der Waals surface area contributed by atoms with E-state index in [1.165, 1.54) is 0 Å². The van der Waals surface area contributed by atoms with Gasteiger partial charge >= 0.3 is 0 Å². The fourth-order valence-corrected chi connectivity index (χ4v) is 2.31. The molecule has 3 nitrogen and oxygen atoms in total. The summed E-state index contributed by atoms with van der Waals surface area (Å²) in [5.74, 6) is 1.42. The first-order valence-corrected chi connectivity index (χ1v) is 6.42. The molecule has 0 unspecified atom stereocenters. The van der Waals surface area contributed by atoms with Gasteiger partial charge in [-0.25, -0.2) is 0 Å². The Balaban J connectivity index is 2.52. The SMILES string of the molecule is COc1cccc(C(=O)c2cccc(OC)c2C)c1C. The minimum Gasteiger partial charge on any atom is -0.496 e. The van der Waals surface area contributed by atoms with Crippen LogP contribution >= 0.6 is 0 Å². The predicted octanol–water partition coefficient (Wildman–Crippen LogP) is 3.55. The van der Waals surface area contributed by atoms with Crippen molar-refractivity contribution < 1.29 is 14.3 Å². The quantitative estimate of drug-likeness (QED) is 0.797. The Morgan fingerprint density at radius 2 is 1.20 bits per heavy atom. The predicted molar refractivity (Wildman–Crippen MR) is 78.9 cm³/mol. The second-order valence-corrected chi connectivity index (χ2v) is 4.59. The van der Waals surface area contributed by atoms with Gasteiger partial charge in [0.15, 0.2) is 5.78 Å². The van der Waals surface area contributed by atoms with E-state index in [1.807, 2.05) is 50.2 Å². The van der Waals surface area contributed by atoms with Gasteiger partial charge in [-0.15, -0.1) is 0 Å². The van der Waals surface area contributed by atoms with Crippen molar-refractivity contribution in [3.63, 3.8) is 0 Å². The Morgan fingerprint density at radius 1 is 0.800 bits per heavy atom. The van der Waals surface area contributed by atoms with Crippen molar-refractivity contribution >= 4 is 5.78 Å². The second kappa shape index (κ2) is 5.78. The molecular formula is C17H18O3. The Hall–Kier alpha value is -2.29. The average molecular weight is 270 g/mol. The van der Waals surface area contributed by atoms with E-state index < -0.39 is 0 Å². The topological polar surface area (TPSA) is 35.5 Å². The zero-order valence-corrected chi connectivity index (χ0v) is 12.2. The van der Waals surface area contributed by atoms with Crippen LogP contribution in [0.3, 0.4) is 0 Å². The lowest BCUT2D eigenvalue weighted by atomic mass is 9.95. The summed E-state index contributed by atoms with van der Waals surface area (Å²) in [5.41, 5.74) is 3.01. The van der Waals surface area contributed by atoms with E-state index in [0.29, 0.717) is 11.1 Å². The van der Waals surface area contributed by atoms with Crippen LogP contribution in [0.2, 0.25) is 0 Å². The van der Waals surface area contributed by atoms with Crippen LogP contribution in [0.15, 0.2) is 36.4 Å². The molecule has 20 heavy (non-hydrogen) atoms. The van der Waals surface area contributed by atoms with Crippen molar-refractivity contribution in [3.8, 4) is 11.5 Å². The molecule has 2 aromatic carbocycles. The van der Waals surface area contributed by atoms with Gasteiger partial charge in [-0.1, -0.05) is 24.3 Å². The fraction of sp³-hybridized carbons (Fsp3) is 0.235. The molecule has 0 bridgehead atoms. The van der Waals surface area contributed by atoms with Crippen molar-refractivity contribution in [3.05, 3.63) is 58.7 Å². The zero-order valence-electron chi connectivity index (χ0n) is 12.2. The smallest absolute Gasteiger partial charge is 0.193 e. The van der Waals surface area contributed by atoms with Gasteiger partial charge in [0, 0.05) is 22.3 Å². The van der Waals surface area contributed by atoms with Crippen LogP contribution in [-0.2, 0) is 0 Å². The van der Waals surface area contributed by atoms with Gasteiger partial charge in [0.05, 0.1) is 14.2 Å². The van der Waals surface area contributed by atoms with Crippen LogP contribution in [-0.4, -0.2) is 20.0 Å². The van der Waals surface area contributed by atoms with Gasteiger partial charge < -0.3 is 9.47 Å². The highest BCUT2D eigenvalue weighted by Gasteiger charge is 2.17. The molecule has 0 heterocycles. The molecule has 0 saturated carbocycles. The number of carbonyl (C=O) groups excluding carboxylic acids is 1. The molecule has 0 aromatic heterocycles. The molecule has 2 rings (SSSR count). The van der Waals surface area contributed by atoms with Gasteiger partial charge in [0.1, 0.15) is 11.5 Å². The van der Waals surface area contributed by atoms with E-state index >= 15 is 0 Å². The van der Waals surface area contributed by atoms with Crippen molar-refractivity contribution in [2.75, 3.05) is 14.2 Å². The Kier molecular flexibility index (Phi) is 4.08. The van der Waals surface area contributed by atoms with Gasteiger partial charge in [-0.05, 0) is 26.0 Å². The van der Waals surface area contributed by atoms with E-state index in [-0.39, 0.29) is 5.78 Å². The molecule has 0 fully saturated rings. The Labute approximate surface area is 119 Å². The maximum atomic E-state index is 12.7. The van der Waals surface area contributed by atoms with Crippen molar-refractivity contribution in [1.82, 2.24) is 0 Å². The first-order chi connectivity index (χ1) is 9.60. The second-order valence-electron chi connectivity index (χ2n) is 4.59. The number of ether oxygens (including phenoxy) is 2. The molecule has 2 aromatic rings. The van der Waals surface area contributed by atoms with Gasteiger partial charge in [0.25, 0.3) is 0 Å². The number of hydrogen-bond acceptors (Lipinski definition) is 3. The molecule has 0 amide bonds. The molecule has 0 aliphatic rings. The number of hydrogen-bond donors (Lipinski definition) is 0. The first-order valence-electron chi connectivity index (χ1n) is 6.42. The molecular weight excluding hydrogens is 252 g/mol. The summed E-state index contributed by atoms with van der Waals surface area (Å²) in [4.78, 5) is 12.7. The third-order valence-corrected chi connectivity index (χ3v) is 3.50. The van der Waals surface area contributed by atoms with Gasteiger partial charge in [-0.2, -0.15) is 0 Å². The van der Waals surface area contributed by atoms with Crippen molar-refractivity contribution in [2.45, 2.75) is 13.8 Å². The molecule has 0 saturated heterocycles. The number of methoxy groups -OCH3 is 2. The lowest BCUT2D eigenvalue weighted by Gasteiger charge is -2.12. The molecule has 0 aliphatic carbocycles. The first kappa shape index (κ1) is 14.1. The van der Waals surface area contributed by atoms with Crippen LogP contribution < -0.4 is 9.47 Å². The van der Waals surface area contributed by atoms with Crippen molar-refractivity contribution in [1.29, 1.82) is 0 Å². The molecule has 0 aliphatic heterocycles. The fourth-order valence-electron chi connectivity index (χ4n) is 2.31. The normalized spacial score (nSPS) is 10.2. The number of rotatable bonds is 4. The molecule has 0 N–H and O–H groups in total.